The van der Waals surface area contributed by atoms with Crippen molar-refractivity contribution in [1.82, 2.24) is 0 Å². The van der Waals surface area contributed by atoms with Crippen molar-refractivity contribution in [3.63, 3.8) is 0 Å². The van der Waals surface area contributed by atoms with Gasteiger partial charge in [0.2, 0.25) is 0 Å². The summed E-state index contributed by atoms with van der Waals surface area (Å²) < 4.78 is 34.7. The minimum absolute atomic E-state index is 0.479. The van der Waals surface area contributed by atoms with Gasteiger partial charge in [0.1, 0.15) is 40.1 Å². The lowest BCUT2D eigenvalue weighted by Gasteiger charge is -2.27. The third-order valence-electron chi connectivity index (χ3n) is 7.64. The fourth-order valence-corrected chi connectivity index (χ4v) is 5.70. The van der Waals surface area contributed by atoms with Crippen LogP contribution < -0.4 is 23.7 Å². The molecule has 7 heteroatoms. The Morgan fingerprint density at radius 3 is 1.85 bits per heavy atom. The first-order valence-corrected chi connectivity index (χ1v) is 12.9. The van der Waals surface area contributed by atoms with Gasteiger partial charge >= 0.3 is 0 Å². The molecule has 0 unspecified atom stereocenters. The first kappa shape index (κ1) is 25.6. The average molecular weight is 539 g/mol. The highest BCUT2D eigenvalue weighted by molar-refractivity contribution is 6.06. The van der Waals surface area contributed by atoms with Crippen molar-refractivity contribution in [3.05, 3.63) is 89.5 Å². The summed E-state index contributed by atoms with van der Waals surface area (Å²) in [5.74, 6) is 3.48. The van der Waals surface area contributed by atoms with E-state index in [9.17, 15) is 5.11 Å². The van der Waals surface area contributed by atoms with Gasteiger partial charge in [-0.3, -0.25) is 0 Å². The van der Waals surface area contributed by atoms with Gasteiger partial charge in [0.25, 0.3) is 0 Å². The monoisotopic (exact) mass is 538 g/mol. The second-order valence-corrected chi connectivity index (χ2v) is 9.61. The molecule has 0 spiro atoms. The summed E-state index contributed by atoms with van der Waals surface area (Å²) in [6, 6.07) is 23.0. The molecule has 6 rings (SSSR count). The SMILES string of the molecule is COc1ccc(-c2oc3cc(OC)cc4c3c2-c2cc(OC)cc(OC)c2[C@H](c2ccc(OC)cc2)[C@@H]4O)cc1. The maximum Gasteiger partial charge on any atom is 0.143 e. The van der Waals surface area contributed by atoms with Crippen LogP contribution in [0.3, 0.4) is 0 Å². The van der Waals surface area contributed by atoms with Crippen LogP contribution in [0.1, 0.15) is 28.7 Å². The van der Waals surface area contributed by atoms with E-state index in [2.05, 4.69) is 0 Å². The Kier molecular flexibility index (Phi) is 6.52. The zero-order valence-electron chi connectivity index (χ0n) is 23.0. The van der Waals surface area contributed by atoms with E-state index in [1.807, 2.05) is 72.8 Å². The first-order valence-electron chi connectivity index (χ1n) is 12.9. The lowest BCUT2D eigenvalue weighted by molar-refractivity contribution is 0.159. The van der Waals surface area contributed by atoms with E-state index < -0.39 is 12.0 Å². The summed E-state index contributed by atoms with van der Waals surface area (Å²) in [6.45, 7) is 0. The average Bonchev–Trinajstić information content (AvgIpc) is 3.35. The quantitative estimate of drug-likeness (QED) is 0.239. The van der Waals surface area contributed by atoms with E-state index in [0.29, 0.717) is 34.2 Å². The number of fused-ring (bicyclic) bond motifs is 2. The van der Waals surface area contributed by atoms with Gasteiger partial charge in [0.15, 0.2) is 0 Å². The maximum absolute atomic E-state index is 12.2. The lowest BCUT2D eigenvalue weighted by Crippen LogP contribution is -2.14. The number of benzene rings is 4. The number of aliphatic hydroxyl groups excluding tert-OH is 1. The second-order valence-electron chi connectivity index (χ2n) is 9.61. The molecule has 204 valence electrons. The van der Waals surface area contributed by atoms with Gasteiger partial charge < -0.3 is 33.2 Å². The minimum atomic E-state index is -0.949. The predicted octanol–water partition coefficient (Wildman–Crippen LogP) is 6.99. The molecule has 0 bridgehead atoms. The molecule has 7 nitrogen and oxygen atoms in total. The number of hydrogen-bond donors (Lipinski definition) is 1. The summed E-state index contributed by atoms with van der Waals surface area (Å²) in [6.07, 6.45) is -0.949. The van der Waals surface area contributed by atoms with Crippen molar-refractivity contribution in [2.75, 3.05) is 35.5 Å². The fraction of sp³-hybridized carbons (Fsp3) is 0.212. The van der Waals surface area contributed by atoms with Crippen LogP contribution in [0.25, 0.3) is 33.4 Å². The van der Waals surface area contributed by atoms with Crippen LogP contribution in [0.4, 0.5) is 0 Å². The van der Waals surface area contributed by atoms with Crippen molar-refractivity contribution in [2.24, 2.45) is 0 Å². The molecule has 4 aromatic carbocycles. The van der Waals surface area contributed by atoms with E-state index in [-0.39, 0.29) is 0 Å². The number of hydrogen-bond acceptors (Lipinski definition) is 7. The van der Waals surface area contributed by atoms with Gasteiger partial charge in [-0.15, -0.1) is 0 Å². The molecule has 0 radical (unpaired) electrons. The minimum Gasteiger partial charge on any atom is -0.497 e. The van der Waals surface area contributed by atoms with Crippen molar-refractivity contribution in [2.45, 2.75) is 12.0 Å². The molecule has 5 aromatic rings. The van der Waals surface area contributed by atoms with Gasteiger partial charge in [0.05, 0.1) is 41.7 Å². The molecular formula is C33H30O7. The van der Waals surface area contributed by atoms with Crippen LogP contribution in [0, 0.1) is 0 Å². The third kappa shape index (κ3) is 4.01. The number of rotatable bonds is 7. The maximum atomic E-state index is 12.2. The van der Waals surface area contributed by atoms with E-state index in [1.165, 1.54) is 0 Å². The zero-order chi connectivity index (χ0) is 28.0. The Morgan fingerprint density at radius 1 is 0.650 bits per heavy atom. The third-order valence-corrected chi connectivity index (χ3v) is 7.64. The largest absolute Gasteiger partial charge is 0.497 e. The fourth-order valence-electron chi connectivity index (χ4n) is 5.70. The molecular weight excluding hydrogens is 508 g/mol. The molecule has 40 heavy (non-hydrogen) atoms. The Balaban J connectivity index is 1.74. The summed E-state index contributed by atoms with van der Waals surface area (Å²) in [4.78, 5) is 0. The van der Waals surface area contributed by atoms with Gasteiger partial charge in [0, 0.05) is 40.1 Å². The summed E-state index contributed by atoms with van der Waals surface area (Å²) in [7, 11) is 8.13. The normalized spacial score (nSPS) is 15.8. The molecule has 1 aromatic heterocycles. The zero-order valence-corrected chi connectivity index (χ0v) is 23.0. The van der Waals surface area contributed by atoms with Crippen molar-refractivity contribution < 1.29 is 33.2 Å². The number of ether oxygens (including phenoxy) is 5. The smallest absolute Gasteiger partial charge is 0.143 e. The van der Waals surface area contributed by atoms with Crippen LogP contribution in [-0.4, -0.2) is 40.7 Å². The highest BCUT2D eigenvalue weighted by atomic mass is 16.5. The molecule has 0 aliphatic heterocycles. The summed E-state index contributed by atoms with van der Waals surface area (Å²) in [5, 5.41) is 13.0. The van der Waals surface area contributed by atoms with Gasteiger partial charge in [-0.25, -0.2) is 0 Å². The Hall–Kier alpha value is -4.62. The van der Waals surface area contributed by atoms with Crippen LogP contribution >= 0.6 is 0 Å². The molecule has 1 aliphatic rings. The molecule has 1 aliphatic carbocycles. The Labute approximate surface area is 232 Å². The van der Waals surface area contributed by atoms with Crippen molar-refractivity contribution in [1.29, 1.82) is 0 Å². The first-order chi connectivity index (χ1) is 19.5. The Bertz CT molecular complexity index is 1680. The van der Waals surface area contributed by atoms with Crippen molar-refractivity contribution >= 4 is 11.0 Å². The molecule has 0 fully saturated rings. The van der Waals surface area contributed by atoms with Crippen LogP contribution in [0.5, 0.6) is 28.7 Å². The second kappa shape index (κ2) is 10.2. The molecule has 2 atom stereocenters. The van der Waals surface area contributed by atoms with Crippen LogP contribution in [0.2, 0.25) is 0 Å². The molecule has 0 amide bonds. The molecule has 0 saturated carbocycles. The molecule has 1 heterocycles. The van der Waals surface area contributed by atoms with E-state index >= 15 is 0 Å². The van der Waals surface area contributed by atoms with Crippen LogP contribution in [0.15, 0.2) is 77.2 Å². The van der Waals surface area contributed by atoms with E-state index in [1.54, 1.807) is 35.5 Å². The standard InChI is InChI=1S/C33H30O7/c1-35-20-10-6-18(7-11-20)28-29-24(14-22(37-3)16-26(29)39-5)31-30-25(32(28)34)15-23(38-4)17-27(30)40-33(31)19-8-12-21(36-2)13-9-19/h6-17,28,32,34H,1-5H3/t28-,32+/m0/s1. The van der Waals surface area contributed by atoms with Crippen LogP contribution in [-0.2, 0) is 0 Å². The molecule has 1 N–H and O–H groups in total. The van der Waals surface area contributed by atoms with Gasteiger partial charge in [-0.2, -0.15) is 0 Å². The number of aliphatic hydroxyl groups is 1. The summed E-state index contributed by atoms with van der Waals surface area (Å²) >= 11 is 0. The lowest BCUT2D eigenvalue weighted by atomic mass is 9.82. The van der Waals surface area contributed by atoms with Gasteiger partial charge in [-0.05, 0) is 65.2 Å². The summed E-state index contributed by atoms with van der Waals surface area (Å²) in [5.41, 5.74) is 5.60. The topological polar surface area (TPSA) is 79.5 Å². The Morgan fingerprint density at radius 2 is 1.25 bits per heavy atom. The van der Waals surface area contributed by atoms with E-state index in [4.69, 9.17) is 28.1 Å². The van der Waals surface area contributed by atoms with Gasteiger partial charge in [-0.1, -0.05) is 12.1 Å². The number of methoxy groups -OCH3 is 5. The van der Waals surface area contributed by atoms with E-state index in [0.717, 1.165) is 44.7 Å². The van der Waals surface area contributed by atoms with Crippen molar-refractivity contribution in [3.8, 4) is 51.2 Å². The number of furan rings is 1. The predicted molar refractivity (Wildman–Crippen MR) is 153 cm³/mol. The molecule has 0 saturated heterocycles. The highest BCUT2D eigenvalue weighted by Gasteiger charge is 2.38. The highest BCUT2D eigenvalue weighted by Crippen LogP contribution is 2.56.